The van der Waals surface area contributed by atoms with Gasteiger partial charge in [-0.1, -0.05) is 29.8 Å². The fraction of sp³-hybridized carbons (Fsp3) is 0.235. The molecule has 7 heteroatoms. The maximum absolute atomic E-state index is 12.4. The molecule has 0 bridgehead atoms. The topological polar surface area (TPSA) is 83.1 Å². The van der Waals surface area contributed by atoms with E-state index in [-0.39, 0.29) is 24.8 Å². The summed E-state index contributed by atoms with van der Waals surface area (Å²) in [4.78, 5) is 23.2. The van der Waals surface area contributed by atoms with Gasteiger partial charge >= 0.3 is 5.97 Å². The van der Waals surface area contributed by atoms with Gasteiger partial charge in [-0.05, 0) is 23.8 Å². The number of benzene rings is 1. The minimum atomic E-state index is -1.02. The van der Waals surface area contributed by atoms with E-state index in [1.165, 1.54) is 11.3 Å². The second-order valence-electron chi connectivity index (χ2n) is 5.40. The van der Waals surface area contributed by atoms with Crippen LogP contribution in [0.5, 0.6) is 0 Å². The van der Waals surface area contributed by atoms with Gasteiger partial charge in [0.15, 0.2) is 0 Å². The summed E-state index contributed by atoms with van der Waals surface area (Å²) in [6.45, 7) is 0. The summed E-state index contributed by atoms with van der Waals surface area (Å²) in [6, 6.07) is 10.4. The van der Waals surface area contributed by atoms with Crippen LogP contribution in [0.3, 0.4) is 0 Å². The molecule has 0 fully saturated rings. The smallest absolute Gasteiger partial charge is 0.303 e. The van der Waals surface area contributed by atoms with Gasteiger partial charge in [-0.15, -0.1) is 0 Å². The van der Waals surface area contributed by atoms with E-state index >= 15 is 0 Å². The Morgan fingerprint density at radius 3 is 2.71 bits per heavy atom. The lowest BCUT2D eigenvalue weighted by molar-refractivity contribution is -0.141. The summed E-state index contributed by atoms with van der Waals surface area (Å²) >= 11 is 6.27. The number of furan rings is 1. The zero-order valence-corrected chi connectivity index (χ0v) is 13.4. The van der Waals surface area contributed by atoms with E-state index < -0.39 is 5.97 Å². The lowest BCUT2D eigenvalue weighted by atomic mass is 10.0. The fourth-order valence-corrected chi connectivity index (χ4v) is 2.91. The van der Waals surface area contributed by atoms with Crippen molar-refractivity contribution in [3.05, 3.63) is 59.0 Å². The molecule has 0 unspecified atom stereocenters. The first-order chi connectivity index (χ1) is 11.6. The third-order valence-electron chi connectivity index (χ3n) is 3.79. The van der Waals surface area contributed by atoms with Gasteiger partial charge < -0.3 is 9.52 Å². The van der Waals surface area contributed by atoms with Crippen LogP contribution in [0.25, 0.3) is 0 Å². The van der Waals surface area contributed by atoms with Crippen LogP contribution in [0.2, 0.25) is 5.02 Å². The molecule has 0 saturated carbocycles. The number of carbonyl (C=O) groups excluding carboxylic acids is 1. The van der Waals surface area contributed by atoms with E-state index in [9.17, 15) is 9.59 Å². The Balaban J connectivity index is 1.91. The first kappa shape index (κ1) is 16.3. The molecule has 1 aromatic carbocycles. The van der Waals surface area contributed by atoms with Gasteiger partial charge in [0, 0.05) is 17.9 Å². The monoisotopic (exact) mass is 346 g/mol. The van der Waals surface area contributed by atoms with Crippen molar-refractivity contribution in [2.24, 2.45) is 5.10 Å². The molecule has 2 heterocycles. The zero-order valence-electron chi connectivity index (χ0n) is 12.7. The number of rotatable bonds is 5. The number of amides is 1. The average molecular weight is 347 g/mol. The van der Waals surface area contributed by atoms with Crippen LogP contribution in [0, 0.1) is 0 Å². The van der Waals surface area contributed by atoms with Crippen molar-refractivity contribution in [3.8, 4) is 0 Å². The highest BCUT2D eigenvalue weighted by Crippen LogP contribution is 2.36. The van der Waals surface area contributed by atoms with Gasteiger partial charge in [-0.25, -0.2) is 5.01 Å². The van der Waals surface area contributed by atoms with Gasteiger partial charge in [0.05, 0.1) is 18.7 Å². The second-order valence-corrected chi connectivity index (χ2v) is 5.80. The molecule has 124 valence electrons. The van der Waals surface area contributed by atoms with Crippen LogP contribution in [-0.4, -0.2) is 27.7 Å². The molecule has 24 heavy (non-hydrogen) atoms. The van der Waals surface area contributed by atoms with Crippen LogP contribution >= 0.6 is 11.6 Å². The first-order valence-corrected chi connectivity index (χ1v) is 7.83. The standard InChI is InChI=1S/C17H15ClN2O4/c18-12-5-2-1-4-11(12)14-10-13(15-6-3-9-24-15)19-20(14)16(21)7-8-17(22)23/h1-6,9,14H,7-8,10H2,(H,22,23)/t14-/m0/s1. The largest absolute Gasteiger partial charge is 0.481 e. The third kappa shape index (κ3) is 3.33. The Hall–Kier alpha value is -2.60. The molecule has 1 aliphatic rings. The number of carbonyl (C=O) groups is 2. The summed E-state index contributed by atoms with van der Waals surface area (Å²) in [7, 11) is 0. The van der Waals surface area contributed by atoms with Gasteiger partial charge in [-0.3, -0.25) is 9.59 Å². The van der Waals surface area contributed by atoms with Crippen LogP contribution in [0.4, 0.5) is 0 Å². The quantitative estimate of drug-likeness (QED) is 0.898. The molecule has 3 rings (SSSR count). The number of halogens is 1. The molecule has 1 atom stereocenters. The summed E-state index contributed by atoms with van der Waals surface area (Å²) in [6.07, 6.45) is 1.63. The Kier molecular flexibility index (Phi) is 4.66. The van der Waals surface area contributed by atoms with Crippen molar-refractivity contribution in [1.82, 2.24) is 5.01 Å². The van der Waals surface area contributed by atoms with Gasteiger partial charge in [0.1, 0.15) is 11.5 Å². The molecule has 6 nitrogen and oxygen atoms in total. The van der Waals surface area contributed by atoms with E-state index in [1.54, 1.807) is 18.2 Å². The molecule has 1 aliphatic heterocycles. The molecule has 0 spiro atoms. The fourth-order valence-electron chi connectivity index (χ4n) is 2.65. The minimum Gasteiger partial charge on any atom is -0.481 e. The predicted molar refractivity (Wildman–Crippen MR) is 87.8 cm³/mol. The van der Waals surface area contributed by atoms with Crippen molar-refractivity contribution < 1.29 is 19.1 Å². The van der Waals surface area contributed by atoms with Crippen molar-refractivity contribution in [2.45, 2.75) is 25.3 Å². The zero-order chi connectivity index (χ0) is 17.1. The predicted octanol–water partition coefficient (Wildman–Crippen LogP) is 3.48. The minimum absolute atomic E-state index is 0.120. The van der Waals surface area contributed by atoms with E-state index in [2.05, 4.69) is 5.10 Å². The van der Waals surface area contributed by atoms with Crippen molar-refractivity contribution >= 4 is 29.2 Å². The lowest BCUT2D eigenvalue weighted by Gasteiger charge is -2.22. The van der Waals surface area contributed by atoms with E-state index in [1.807, 2.05) is 18.2 Å². The van der Waals surface area contributed by atoms with Crippen LogP contribution < -0.4 is 0 Å². The molecule has 1 amide bonds. The molecule has 2 aromatic rings. The molecule has 0 radical (unpaired) electrons. The molecule has 1 aromatic heterocycles. The highest BCUT2D eigenvalue weighted by atomic mass is 35.5. The second kappa shape index (κ2) is 6.88. The van der Waals surface area contributed by atoms with Gasteiger partial charge in [0.25, 0.3) is 0 Å². The summed E-state index contributed by atoms with van der Waals surface area (Å²) < 4.78 is 5.36. The van der Waals surface area contributed by atoms with E-state index in [4.69, 9.17) is 21.1 Å². The Morgan fingerprint density at radius 1 is 1.25 bits per heavy atom. The van der Waals surface area contributed by atoms with Crippen LogP contribution in [0.15, 0.2) is 52.2 Å². The number of carboxylic acid groups (broad SMARTS) is 1. The number of nitrogens with zero attached hydrogens (tertiary/aromatic N) is 2. The normalized spacial score (nSPS) is 17.0. The molecule has 0 aliphatic carbocycles. The van der Waals surface area contributed by atoms with Gasteiger partial charge in [-0.2, -0.15) is 5.10 Å². The third-order valence-corrected chi connectivity index (χ3v) is 4.13. The Bertz CT molecular complexity index is 786. The number of hydrogen-bond donors (Lipinski definition) is 1. The molecule has 0 saturated heterocycles. The van der Waals surface area contributed by atoms with Gasteiger partial charge in [0.2, 0.25) is 5.91 Å². The molecular weight excluding hydrogens is 332 g/mol. The number of hydrazone groups is 1. The van der Waals surface area contributed by atoms with Crippen LogP contribution in [-0.2, 0) is 9.59 Å². The summed E-state index contributed by atoms with van der Waals surface area (Å²) in [5.74, 6) is -0.795. The Labute approximate surface area is 143 Å². The highest BCUT2D eigenvalue weighted by Gasteiger charge is 2.34. The van der Waals surface area contributed by atoms with Crippen molar-refractivity contribution in [3.63, 3.8) is 0 Å². The average Bonchev–Trinajstić information content (AvgIpc) is 3.22. The number of hydrogen-bond acceptors (Lipinski definition) is 4. The van der Waals surface area contributed by atoms with E-state index in [0.29, 0.717) is 22.9 Å². The molecule has 1 N–H and O–H groups in total. The van der Waals surface area contributed by atoms with Crippen molar-refractivity contribution in [2.75, 3.05) is 0 Å². The molecular formula is C17H15ClN2O4. The van der Waals surface area contributed by atoms with Crippen molar-refractivity contribution in [1.29, 1.82) is 0 Å². The lowest BCUT2D eigenvalue weighted by Crippen LogP contribution is -2.27. The Morgan fingerprint density at radius 2 is 2.04 bits per heavy atom. The maximum atomic E-state index is 12.4. The summed E-state index contributed by atoms with van der Waals surface area (Å²) in [5, 5.41) is 15.0. The number of aliphatic carboxylic acids is 1. The summed E-state index contributed by atoms with van der Waals surface area (Å²) in [5.41, 5.74) is 1.40. The van der Waals surface area contributed by atoms with Crippen LogP contribution in [0.1, 0.15) is 36.6 Å². The first-order valence-electron chi connectivity index (χ1n) is 7.46. The van der Waals surface area contributed by atoms with E-state index in [0.717, 1.165) is 5.56 Å². The maximum Gasteiger partial charge on any atom is 0.303 e. The SMILES string of the molecule is O=C(O)CCC(=O)N1N=C(c2ccco2)C[C@H]1c1ccccc1Cl. The number of carboxylic acids is 1. The highest BCUT2D eigenvalue weighted by molar-refractivity contribution is 6.31.